The van der Waals surface area contributed by atoms with Gasteiger partial charge in [-0.2, -0.15) is 0 Å². The number of nitrogens with one attached hydrogen (secondary N) is 1. The van der Waals surface area contributed by atoms with Gasteiger partial charge in [-0.25, -0.2) is 4.79 Å². The van der Waals surface area contributed by atoms with Gasteiger partial charge in [0.2, 0.25) is 0 Å². The molecule has 1 N–H and O–H groups in total. The highest BCUT2D eigenvalue weighted by atomic mass is 32.1. The van der Waals surface area contributed by atoms with Crippen molar-refractivity contribution in [3.8, 4) is 0 Å². The number of hydrogen-bond donors (Lipinski definition) is 1. The van der Waals surface area contributed by atoms with E-state index in [1.54, 1.807) is 11.3 Å². The molecule has 0 aliphatic carbocycles. The quantitative estimate of drug-likeness (QED) is 0.558. The zero-order valence-corrected chi connectivity index (χ0v) is 16.8. The Hall–Kier alpha value is -2.41. The molecule has 1 saturated heterocycles. The number of carbonyl (C=O) groups is 3. The summed E-state index contributed by atoms with van der Waals surface area (Å²) in [5, 5.41) is 4.72. The Morgan fingerprint density at radius 3 is 2.74 bits per heavy atom. The molecular weight excluding hydrogens is 362 g/mol. The molecule has 2 aromatic heterocycles. The zero-order valence-electron chi connectivity index (χ0n) is 15.9. The molecule has 3 amide bonds. The second-order valence-electron chi connectivity index (χ2n) is 6.90. The molecule has 0 aromatic carbocycles. The van der Waals surface area contributed by atoms with E-state index in [1.165, 1.54) is 4.88 Å². The molecule has 0 saturated carbocycles. The zero-order chi connectivity index (χ0) is 19.6. The summed E-state index contributed by atoms with van der Waals surface area (Å²) >= 11 is 1.72. The van der Waals surface area contributed by atoms with E-state index in [2.05, 4.69) is 21.3 Å². The van der Waals surface area contributed by atoms with Gasteiger partial charge in [-0.3, -0.25) is 14.5 Å². The average Bonchev–Trinajstić information content (AvgIpc) is 3.31. The fourth-order valence-electron chi connectivity index (χ4n) is 3.54. The minimum absolute atomic E-state index is 0.203. The smallest absolute Gasteiger partial charge is 0.325 e. The maximum Gasteiger partial charge on any atom is 0.325 e. The molecule has 1 aliphatic heterocycles. The summed E-state index contributed by atoms with van der Waals surface area (Å²) in [5.74, 6) is -0.507. The number of amides is 3. The lowest BCUT2D eigenvalue weighted by Gasteiger charge is -2.12. The lowest BCUT2D eigenvalue weighted by Crippen LogP contribution is -2.36. The van der Waals surface area contributed by atoms with Crippen molar-refractivity contribution in [1.29, 1.82) is 0 Å². The Bertz CT molecular complexity index is 854. The van der Waals surface area contributed by atoms with Gasteiger partial charge in [0.1, 0.15) is 6.04 Å². The summed E-state index contributed by atoms with van der Waals surface area (Å²) in [6, 6.07) is 5.02. The highest BCUT2D eigenvalue weighted by Gasteiger charge is 2.38. The van der Waals surface area contributed by atoms with Gasteiger partial charge in [0.25, 0.3) is 5.91 Å². The number of thiophene rings is 1. The van der Waals surface area contributed by atoms with Gasteiger partial charge in [-0.05, 0) is 44.2 Å². The second kappa shape index (κ2) is 8.08. The van der Waals surface area contributed by atoms with E-state index in [0.29, 0.717) is 12.0 Å². The molecule has 2 aromatic rings. The van der Waals surface area contributed by atoms with Crippen LogP contribution in [-0.4, -0.2) is 39.8 Å². The number of Topliss-reactive ketones (excluding diaryl/α,β-unsaturated/α-hetero) is 1. The number of hydrogen-bond acceptors (Lipinski definition) is 4. The van der Waals surface area contributed by atoms with Crippen LogP contribution < -0.4 is 5.32 Å². The third-order valence-corrected chi connectivity index (χ3v) is 5.96. The number of aryl methyl sites for hydroxylation is 2. The van der Waals surface area contributed by atoms with Crippen LogP contribution in [0.2, 0.25) is 0 Å². The molecule has 3 rings (SSSR count). The number of carbonyl (C=O) groups excluding carboxylic acids is 3. The predicted molar refractivity (Wildman–Crippen MR) is 105 cm³/mol. The molecule has 7 heteroatoms. The van der Waals surface area contributed by atoms with Gasteiger partial charge in [0, 0.05) is 28.4 Å². The van der Waals surface area contributed by atoms with E-state index in [1.807, 2.05) is 32.9 Å². The lowest BCUT2D eigenvalue weighted by atomic mass is 10.1. The van der Waals surface area contributed by atoms with E-state index in [4.69, 9.17) is 0 Å². The van der Waals surface area contributed by atoms with Crippen LogP contribution in [0.4, 0.5) is 4.79 Å². The van der Waals surface area contributed by atoms with Gasteiger partial charge < -0.3 is 9.88 Å². The number of nitrogens with zero attached hydrogens (tertiary/aromatic N) is 2. The summed E-state index contributed by atoms with van der Waals surface area (Å²) < 4.78 is 2.12. The van der Waals surface area contributed by atoms with Crippen LogP contribution >= 0.6 is 11.3 Å². The second-order valence-corrected chi connectivity index (χ2v) is 7.94. The maximum absolute atomic E-state index is 12.8. The number of urea groups is 1. The third kappa shape index (κ3) is 3.98. The number of rotatable bonds is 8. The fourth-order valence-corrected chi connectivity index (χ4v) is 4.24. The Balaban J connectivity index is 1.71. The van der Waals surface area contributed by atoms with Gasteiger partial charge in [0.15, 0.2) is 5.78 Å². The van der Waals surface area contributed by atoms with Gasteiger partial charge >= 0.3 is 6.03 Å². The average molecular weight is 388 g/mol. The lowest BCUT2D eigenvalue weighted by molar-refractivity contribution is -0.127. The monoisotopic (exact) mass is 387 g/mol. The van der Waals surface area contributed by atoms with Crippen molar-refractivity contribution in [3.05, 3.63) is 45.4 Å². The van der Waals surface area contributed by atoms with Crippen LogP contribution in [-0.2, 0) is 17.8 Å². The number of aromatic nitrogens is 1. The molecule has 1 aliphatic rings. The van der Waals surface area contributed by atoms with E-state index in [9.17, 15) is 14.4 Å². The van der Waals surface area contributed by atoms with Crippen molar-refractivity contribution < 1.29 is 14.4 Å². The molecule has 144 valence electrons. The summed E-state index contributed by atoms with van der Waals surface area (Å²) in [4.78, 5) is 39.6. The standard InChI is InChI=1S/C20H25N3O3S/c1-4-6-17-19(25)23(20(26)21-17)12-18(24)16-11-13(2)22(14(16)3)9-8-15-7-5-10-27-15/h5,7,10-11,17H,4,6,8-9,12H2,1-3H3,(H,21,26)/t17-/m0/s1. The molecule has 0 bridgehead atoms. The Labute approximate surface area is 163 Å². The Morgan fingerprint density at radius 2 is 2.07 bits per heavy atom. The van der Waals surface area contributed by atoms with E-state index in [-0.39, 0.29) is 18.2 Å². The minimum Gasteiger partial charge on any atom is -0.348 e. The summed E-state index contributed by atoms with van der Waals surface area (Å²) in [5.41, 5.74) is 2.47. The van der Waals surface area contributed by atoms with Crippen molar-refractivity contribution >= 4 is 29.1 Å². The van der Waals surface area contributed by atoms with Gasteiger partial charge in [-0.15, -0.1) is 11.3 Å². The molecule has 0 spiro atoms. The number of ketones is 1. The predicted octanol–water partition coefficient (Wildman–Crippen LogP) is 3.31. The van der Waals surface area contributed by atoms with Crippen molar-refractivity contribution in [3.63, 3.8) is 0 Å². The van der Waals surface area contributed by atoms with Crippen LogP contribution in [0.25, 0.3) is 0 Å². The summed E-state index contributed by atoms with van der Waals surface area (Å²) in [6.45, 7) is 6.44. The first-order chi connectivity index (χ1) is 12.9. The first-order valence-electron chi connectivity index (χ1n) is 9.26. The molecule has 1 atom stereocenters. The van der Waals surface area contributed by atoms with Crippen LogP contribution in [0.15, 0.2) is 23.6 Å². The summed E-state index contributed by atoms with van der Waals surface area (Å²) in [7, 11) is 0. The molecule has 1 fully saturated rings. The first-order valence-corrected chi connectivity index (χ1v) is 10.1. The normalized spacial score (nSPS) is 16.9. The molecule has 27 heavy (non-hydrogen) atoms. The molecular formula is C20H25N3O3S. The largest absolute Gasteiger partial charge is 0.348 e. The minimum atomic E-state index is -0.506. The Morgan fingerprint density at radius 1 is 1.30 bits per heavy atom. The SMILES string of the molecule is CCC[C@@H]1NC(=O)N(CC(=O)c2cc(C)n(CCc3cccs3)c2C)C1=O. The van der Waals surface area contributed by atoms with Crippen molar-refractivity contribution in [2.45, 2.75) is 52.6 Å². The van der Waals surface area contributed by atoms with E-state index >= 15 is 0 Å². The molecule has 3 heterocycles. The van der Waals surface area contributed by atoms with E-state index < -0.39 is 12.1 Å². The Kier molecular flexibility index (Phi) is 5.79. The third-order valence-electron chi connectivity index (χ3n) is 5.02. The highest BCUT2D eigenvalue weighted by molar-refractivity contribution is 7.09. The molecule has 0 unspecified atom stereocenters. The molecule has 0 radical (unpaired) electrons. The van der Waals surface area contributed by atoms with Crippen molar-refractivity contribution in [2.24, 2.45) is 0 Å². The van der Waals surface area contributed by atoms with Crippen LogP contribution in [0, 0.1) is 13.8 Å². The van der Waals surface area contributed by atoms with E-state index in [0.717, 1.165) is 35.7 Å². The van der Waals surface area contributed by atoms with Crippen LogP contribution in [0.1, 0.15) is 46.4 Å². The molecule has 6 nitrogen and oxygen atoms in total. The van der Waals surface area contributed by atoms with Crippen LogP contribution in [0.5, 0.6) is 0 Å². The van der Waals surface area contributed by atoms with Gasteiger partial charge in [-0.1, -0.05) is 19.4 Å². The highest BCUT2D eigenvalue weighted by Crippen LogP contribution is 2.19. The van der Waals surface area contributed by atoms with Gasteiger partial charge in [0.05, 0.1) is 6.54 Å². The van der Waals surface area contributed by atoms with Crippen molar-refractivity contribution in [2.75, 3.05) is 6.54 Å². The number of imide groups is 1. The topological polar surface area (TPSA) is 71.4 Å². The fraction of sp³-hybridized carbons (Fsp3) is 0.450. The first kappa shape index (κ1) is 19.4. The summed E-state index contributed by atoms with van der Waals surface area (Å²) in [6.07, 6.45) is 2.30. The maximum atomic E-state index is 12.8. The van der Waals surface area contributed by atoms with Crippen molar-refractivity contribution in [1.82, 2.24) is 14.8 Å². The van der Waals surface area contributed by atoms with Crippen LogP contribution in [0.3, 0.4) is 0 Å².